The Hall–Kier alpha value is -2.69. The first-order valence-electron chi connectivity index (χ1n) is 9.44. The Balaban J connectivity index is 1.58. The molecule has 5 nitrogen and oxygen atoms in total. The van der Waals surface area contributed by atoms with Crippen molar-refractivity contribution in [1.29, 1.82) is 0 Å². The van der Waals surface area contributed by atoms with Gasteiger partial charge in [0.2, 0.25) is 0 Å². The Morgan fingerprint density at radius 2 is 1.62 bits per heavy atom. The van der Waals surface area contributed by atoms with Crippen molar-refractivity contribution >= 4 is 36.7 Å². The zero-order valence-corrected chi connectivity index (χ0v) is 18.8. The van der Waals surface area contributed by atoms with Crippen molar-refractivity contribution in [3.05, 3.63) is 75.9 Å². The van der Waals surface area contributed by atoms with Crippen molar-refractivity contribution in [3.63, 3.8) is 0 Å². The summed E-state index contributed by atoms with van der Waals surface area (Å²) in [6.07, 6.45) is 1.83. The molecular weight excluding hydrogens is 429 g/mol. The van der Waals surface area contributed by atoms with Crippen molar-refractivity contribution < 1.29 is 9.59 Å². The number of hydrogen-bond acceptors (Lipinski definition) is 3. The van der Waals surface area contributed by atoms with Crippen LogP contribution in [0.1, 0.15) is 46.7 Å². The number of nitrogens with one attached hydrogen (secondary N) is 2. The average Bonchev–Trinajstić information content (AvgIpc) is 3.12. The van der Waals surface area contributed by atoms with Crippen LogP contribution in [0.5, 0.6) is 0 Å². The summed E-state index contributed by atoms with van der Waals surface area (Å²) in [5, 5.41) is 5.73. The topological polar surface area (TPSA) is 71.1 Å². The predicted octanol–water partition coefficient (Wildman–Crippen LogP) is 4.18. The fourth-order valence-electron chi connectivity index (χ4n) is 2.74. The van der Waals surface area contributed by atoms with E-state index in [-0.39, 0.29) is 38.2 Å². The van der Waals surface area contributed by atoms with Crippen LogP contribution in [0, 0.1) is 6.92 Å². The van der Waals surface area contributed by atoms with Crippen LogP contribution in [0.25, 0.3) is 0 Å². The van der Waals surface area contributed by atoms with Gasteiger partial charge >= 0.3 is 177 Å². The van der Waals surface area contributed by atoms with E-state index in [1.54, 1.807) is 6.20 Å². The molecular formula is C23H25N3O2Se. The number of hydrogen-bond donors (Lipinski definition) is 2. The van der Waals surface area contributed by atoms with Gasteiger partial charge in [0.15, 0.2) is 0 Å². The Morgan fingerprint density at radius 1 is 0.966 bits per heavy atom. The van der Waals surface area contributed by atoms with E-state index in [2.05, 4.69) is 36.4 Å². The molecule has 0 aliphatic rings. The fourth-order valence-corrected chi connectivity index (χ4v) is 4.26. The average molecular weight is 454 g/mol. The summed E-state index contributed by atoms with van der Waals surface area (Å²) in [6, 6.07) is 15.7. The molecule has 6 heteroatoms. The second-order valence-corrected chi connectivity index (χ2v) is 10.2. The summed E-state index contributed by atoms with van der Waals surface area (Å²) in [5.74, 6) is -0.303. The number of aryl methyl sites for hydroxylation is 1. The summed E-state index contributed by atoms with van der Waals surface area (Å²) < 4.78 is 1.14. The van der Waals surface area contributed by atoms with Gasteiger partial charge < -0.3 is 0 Å². The maximum atomic E-state index is 12.5. The Labute approximate surface area is 177 Å². The molecule has 0 saturated heterocycles. The molecule has 3 aromatic rings. The number of aromatic nitrogens is 1. The molecule has 2 amide bonds. The summed E-state index contributed by atoms with van der Waals surface area (Å²) >= 11 is -0.321. The monoisotopic (exact) mass is 455 g/mol. The summed E-state index contributed by atoms with van der Waals surface area (Å²) in [6.45, 7) is 8.46. The molecule has 0 unspecified atom stereocenters. The Morgan fingerprint density at radius 3 is 2.24 bits per heavy atom. The molecule has 2 N–H and O–H groups in total. The molecule has 1 heterocycles. The van der Waals surface area contributed by atoms with Gasteiger partial charge in [0.1, 0.15) is 0 Å². The number of benzene rings is 2. The third-order valence-corrected chi connectivity index (χ3v) is 6.38. The van der Waals surface area contributed by atoms with Gasteiger partial charge in [0.25, 0.3) is 0 Å². The first-order valence-corrected chi connectivity index (χ1v) is 11.1. The van der Waals surface area contributed by atoms with E-state index in [4.69, 9.17) is 0 Å². The van der Waals surface area contributed by atoms with Crippen molar-refractivity contribution in [2.75, 3.05) is 10.6 Å². The van der Waals surface area contributed by atoms with Crippen molar-refractivity contribution in [3.8, 4) is 0 Å². The van der Waals surface area contributed by atoms with Crippen LogP contribution in [0.2, 0.25) is 0 Å². The van der Waals surface area contributed by atoms with Gasteiger partial charge in [0.05, 0.1) is 0 Å². The molecule has 1 aromatic heterocycles. The molecule has 3 rings (SSSR count). The van der Waals surface area contributed by atoms with E-state index in [1.165, 1.54) is 5.56 Å². The molecule has 0 spiro atoms. The van der Waals surface area contributed by atoms with E-state index >= 15 is 0 Å². The van der Waals surface area contributed by atoms with E-state index in [9.17, 15) is 9.59 Å². The van der Waals surface area contributed by atoms with E-state index in [1.807, 2.05) is 55.5 Å². The first-order chi connectivity index (χ1) is 13.7. The molecule has 0 aliphatic carbocycles. The van der Waals surface area contributed by atoms with Crippen molar-refractivity contribution in [2.24, 2.45) is 0 Å². The molecule has 0 fully saturated rings. The van der Waals surface area contributed by atoms with Crippen LogP contribution < -0.4 is 10.6 Å². The van der Waals surface area contributed by atoms with Gasteiger partial charge in [0, 0.05) is 0 Å². The third kappa shape index (κ3) is 5.89. The van der Waals surface area contributed by atoms with Crippen LogP contribution in [0.15, 0.2) is 54.7 Å². The molecule has 0 bridgehead atoms. The van der Waals surface area contributed by atoms with Crippen LogP contribution >= 0.6 is 0 Å². The number of amides is 2. The molecule has 0 atom stereocenters. The van der Waals surface area contributed by atoms with Crippen LogP contribution in [0.4, 0.5) is 10.4 Å². The van der Waals surface area contributed by atoms with Crippen molar-refractivity contribution in [1.82, 2.24) is 4.98 Å². The van der Waals surface area contributed by atoms with E-state index < -0.39 is 0 Å². The van der Waals surface area contributed by atoms with Gasteiger partial charge in [-0.1, -0.05) is 0 Å². The van der Waals surface area contributed by atoms with Crippen molar-refractivity contribution in [2.45, 2.75) is 39.5 Å². The second-order valence-electron chi connectivity index (χ2n) is 8.02. The van der Waals surface area contributed by atoms with Crippen LogP contribution in [0.3, 0.4) is 0 Å². The fraction of sp³-hybridized carbons (Fsp3) is 0.261. The van der Waals surface area contributed by atoms with Gasteiger partial charge in [-0.15, -0.1) is 0 Å². The first kappa shape index (κ1) is 21.0. The second kappa shape index (κ2) is 8.76. The standard InChI is InChI=1S/C23H25N3O2Se/c1-15-5-7-16(8-6-15)13-20(27)26-22-24-14-19(29-22)21(28)25-18-11-9-17(10-12-18)23(2,3)4/h5-12,14H,13H2,1-4H3,(H,25,28)(H,24,26,27). The molecule has 0 saturated carbocycles. The molecule has 29 heavy (non-hydrogen) atoms. The number of carbonyl (C=O) groups is 2. The zero-order chi connectivity index (χ0) is 21.0. The maximum absolute atomic E-state index is 12.5. The van der Waals surface area contributed by atoms with Crippen LogP contribution in [-0.2, 0) is 16.6 Å². The number of nitrogens with zero attached hydrogens (tertiary/aromatic N) is 1. The Kier molecular flexibility index (Phi) is 6.36. The summed E-state index contributed by atoms with van der Waals surface area (Å²) in [7, 11) is 0. The molecule has 150 valence electrons. The van der Waals surface area contributed by atoms with Gasteiger partial charge in [-0.2, -0.15) is 0 Å². The Bertz CT molecular complexity index is 1000. The zero-order valence-electron chi connectivity index (χ0n) is 17.1. The van der Waals surface area contributed by atoms with E-state index in [0.29, 0.717) is 9.13 Å². The number of anilines is 2. The summed E-state index contributed by atoms with van der Waals surface area (Å²) in [5.41, 5.74) is 4.13. The minimum atomic E-state index is -0.321. The number of carbonyl (C=O) groups excluding carboxylic acids is 2. The van der Waals surface area contributed by atoms with Crippen LogP contribution in [-0.4, -0.2) is 31.3 Å². The quantitative estimate of drug-likeness (QED) is 0.569. The minimum absolute atomic E-state index is 0.0686. The van der Waals surface area contributed by atoms with Gasteiger partial charge in [-0.05, 0) is 0 Å². The predicted molar refractivity (Wildman–Crippen MR) is 118 cm³/mol. The SMILES string of the molecule is Cc1ccc(CC(=O)Nc2ncc(C(=O)Nc3ccc(C(C)(C)C)cc3)[se]2)cc1. The summed E-state index contributed by atoms with van der Waals surface area (Å²) in [4.78, 5) is 28.9. The normalized spacial score (nSPS) is 11.2. The number of rotatable bonds is 5. The molecule has 0 radical (unpaired) electrons. The van der Waals surface area contributed by atoms with Gasteiger partial charge in [-0.25, -0.2) is 0 Å². The van der Waals surface area contributed by atoms with Gasteiger partial charge in [-0.3, -0.25) is 0 Å². The third-order valence-electron chi connectivity index (χ3n) is 4.47. The van der Waals surface area contributed by atoms with E-state index in [0.717, 1.165) is 16.8 Å². The molecule has 0 aliphatic heterocycles. The molecule has 2 aromatic carbocycles.